The summed E-state index contributed by atoms with van der Waals surface area (Å²) < 4.78 is 28.6. The first kappa shape index (κ1) is 28.2. The van der Waals surface area contributed by atoms with Crippen molar-refractivity contribution in [2.75, 3.05) is 17.4 Å². The summed E-state index contributed by atoms with van der Waals surface area (Å²) in [5.41, 5.74) is 1.92. The average Bonchev–Trinajstić information content (AvgIpc) is 2.89. The molecule has 0 bridgehead atoms. The van der Waals surface area contributed by atoms with Crippen molar-refractivity contribution in [3.63, 3.8) is 0 Å². The van der Waals surface area contributed by atoms with Crippen LogP contribution >= 0.6 is 11.6 Å². The van der Waals surface area contributed by atoms with Crippen molar-refractivity contribution in [2.45, 2.75) is 44.7 Å². The minimum Gasteiger partial charge on any atom is -0.355 e. The van der Waals surface area contributed by atoms with Gasteiger partial charge in [0.2, 0.25) is 11.8 Å². The van der Waals surface area contributed by atoms with Crippen molar-refractivity contribution >= 4 is 39.1 Å². The lowest BCUT2D eigenvalue weighted by Gasteiger charge is -2.33. The highest BCUT2D eigenvalue weighted by molar-refractivity contribution is 7.92. The van der Waals surface area contributed by atoms with Crippen LogP contribution in [-0.2, 0) is 26.2 Å². The summed E-state index contributed by atoms with van der Waals surface area (Å²) >= 11 is 6.38. The number of halogens is 1. The number of nitrogens with one attached hydrogen (secondary N) is 1. The van der Waals surface area contributed by atoms with Crippen molar-refractivity contribution in [3.8, 4) is 0 Å². The maximum Gasteiger partial charge on any atom is 0.264 e. The smallest absolute Gasteiger partial charge is 0.264 e. The molecule has 0 spiro atoms. The predicted octanol–water partition coefficient (Wildman–Crippen LogP) is 4.79. The Morgan fingerprint density at radius 3 is 2.14 bits per heavy atom. The maximum absolute atomic E-state index is 13.9. The van der Waals surface area contributed by atoms with Gasteiger partial charge >= 0.3 is 0 Å². The van der Waals surface area contributed by atoms with Crippen molar-refractivity contribution < 1.29 is 18.0 Å². The molecule has 0 saturated heterocycles. The van der Waals surface area contributed by atoms with Gasteiger partial charge in [-0.05, 0) is 56.2 Å². The second kappa shape index (κ2) is 12.7. The molecule has 1 N–H and O–H groups in total. The first-order chi connectivity index (χ1) is 17.7. The van der Waals surface area contributed by atoms with E-state index < -0.39 is 28.5 Å². The highest BCUT2D eigenvalue weighted by atomic mass is 35.5. The Hall–Kier alpha value is -3.36. The summed E-state index contributed by atoms with van der Waals surface area (Å²) in [7, 11) is -4.08. The zero-order valence-corrected chi connectivity index (χ0v) is 22.8. The van der Waals surface area contributed by atoms with E-state index in [-0.39, 0.29) is 17.3 Å². The zero-order valence-electron chi connectivity index (χ0n) is 21.2. The van der Waals surface area contributed by atoms with Crippen LogP contribution in [0.4, 0.5) is 5.69 Å². The number of nitrogens with zero attached hydrogens (tertiary/aromatic N) is 2. The van der Waals surface area contributed by atoms with Crippen molar-refractivity contribution in [1.29, 1.82) is 0 Å². The number of carbonyl (C=O) groups excluding carboxylic acids is 2. The molecule has 0 fully saturated rings. The van der Waals surface area contributed by atoms with E-state index in [1.807, 2.05) is 13.8 Å². The van der Waals surface area contributed by atoms with Gasteiger partial charge in [-0.15, -0.1) is 0 Å². The third-order valence-corrected chi connectivity index (χ3v) is 8.12. The van der Waals surface area contributed by atoms with Gasteiger partial charge in [0.15, 0.2) is 0 Å². The highest BCUT2D eigenvalue weighted by Gasteiger charge is 2.33. The van der Waals surface area contributed by atoms with Crippen LogP contribution in [0.3, 0.4) is 0 Å². The summed E-state index contributed by atoms with van der Waals surface area (Å²) in [6.45, 7) is 5.46. The summed E-state index contributed by atoms with van der Waals surface area (Å²) in [4.78, 5) is 28.3. The lowest BCUT2D eigenvalue weighted by atomic mass is 10.1. The van der Waals surface area contributed by atoms with Crippen molar-refractivity contribution in [3.05, 3.63) is 95.0 Å². The summed E-state index contributed by atoms with van der Waals surface area (Å²) in [6.07, 6.45) is 0.345. The van der Waals surface area contributed by atoms with Gasteiger partial charge in [0, 0.05) is 18.1 Å². The van der Waals surface area contributed by atoms with Crippen LogP contribution in [0, 0.1) is 6.92 Å². The normalized spacial score (nSPS) is 12.0. The molecule has 2 amide bonds. The molecule has 0 radical (unpaired) electrons. The molecule has 0 aliphatic carbocycles. The molecule has 7 nitrogen and oxygen atoms in total. The van der Waals surface area contributed by atoms with Crippen LogP contribution in [0.25, 0.3) is 0 Å². The number of rotatable bonds is 11. The van der Waals surface area contributed by atoms with Crippen LogP contribution in [0.15, 0.2) is 83.8 Å². The molecular formula is C28H32ClN3O4S. The lowest BCUT2D eigenvalue weighted by Crippen LogP contribution is -2.52. The predicted molar refractivity (Wildman–Crippen MR) is 147 cm³/mol. The first-order valence-electron chi connectivity index (χ1n) is 12.1. The Labute approximate surface area is 224 Å². The summed E-state index contributed by atoms with van der Waals surface area (Å²) in [6, 6.07) is 21.2. The molecule has 0 heterocycles. The van der Waals surface area contributed by atoms with E-state index in [0.29, 0.717) is 29.2 Å². The molecule has 196 valence electrons. The molecule has 3 rings (SSSR count). The second-order valence-electron chi connectivity index (χ2n) is 8.59. The number of benzene rings is 3. The van der Waals surface area contributed by atoms with Crippen LogP contribution in [-0.4, -0.2) is 44.3 Å². The highest BCUT2D eigenvalue weighted by Crippen LogP contribution is 2.25. The zero-order chi connectivity index (χ0) is 27.0. The van der Waals surface area contributed by atoms with Gasteiger partial charge < -0.3 is 10.2 Å². The molecule has 9 heteroatoms. The Morgan fingerprint density at radius 2 is 1.54 bits per heavy atom. The van der Waals surface area contributed by atoms with Gasteiger partial charge in [0.05, 0.1) is 10.6 Å². The summed E-state index contributed by atoms with van der Waals surface area (Å²) in [5.74, 6) is -0.824. The SMILES string of the molecule is CCNC(=O)[C@@H](CC)N(Cc1ccccc1Cl)C(=O)CN(c1ccccc1)S(=O)(=O)c1ccc(C)cc1. The van der Waals surface area contributed by atoms with Gasteiger partial charge in [-0.3, -0.25) is 13.9 Å². The molecular weight excluding hydrogens is 510 g/mol. The van der Waals surface area contributed by atoms with Crippen LogP contribution in [0.2, 0.25) is 5.02 Å². The Bertz CT molecular complexity index is 1310. The van der Waals surface area contributed by atoms with Gasteiger partial charge in [-0.25, -0.2) is 8.42 Å². The van der Waals surface area contributed by atoms with Crippen molar-refractivity contribution in [2.24, 2.45) is 0 Å². The number of likely N-dealkylation sites (N-methyl/N-ethyl adjacent to an activating group) is 1. The van der Waals surface area contributed by atoms with E-state index in [2.05, 4.69) is 5.32 Å². The van der Waals surface area contributed by atoms with Crippen LogP contribution < -0.4 is 9.62 Å². The molecule has 0 saturated carbocycles. The largest absolute Gasteiger partial charge is 0.355 e. The number of sulfonamides is 1. The van der Waals surface area contributed by atoms with E-state index in [1.165, 1.54) is 17.0 Å². The van der Waals surface area contributed by atoms with Crippen molar-refractivity contribution in [1.82, 2.24) is 10.2 Å². The summed E-state index contributed by atoms with van der Waals surface area (Å²) in [5, 5.41) is 3.24. The second-order valence-corrected chi connectivity index (χ2v) is 10.9. The van der Waals surface area contributed by atoms with Crippen LogP contribution in [0.1, 0.15) is 31.4 Å². The van der Waals surface area contributed by atoms with E-state index in [4.69, 9.17) is 11.6 Å². The van der Waals surface area contributed by atoms with E-state index in [0.717, 1.165) is 9.87 Å². The van der Waals surface area contributed by atoms with Crippen LogP contribution in [0.5, 0.6) is 0 Å². The Balaban J connectivity index is 2.04. The van der Waals surface area contributed by atoms with E-state index in [1.54, 1.807) is 73.7 Å². The number of amides is 2. The molecule has 3 aromatic carbocycles. The third-order valence-electron chi connectivity index (χ3n) is 5.97. The van der Waals surface area contributed by atoms with Gasteiger partial charge in [-0.1, -0.05) is 72.6 Å². The molecule has 0 aromatic heterocycles. The number of anilines is 1. The fourth-order valence-electron chi connectivity index (χ4n) is 3.98. The monoisotopic (exact) mass is 541 g/mol. The number of para-hydroxylation sites is 1. The van der Waals surface area contributed by atoms with E-state index in [9.17, 15) is 18.0 Å². The maximum atomic E-state index is 13.9. The number of carbonyl (C=O) groups is 2. The Morgan fingerprint density at radius 1 is 0.919 bits per heavy atom. The van der Waals surface area contributed by atoms with E-state index >= 15 is 0 Å². The number of aryl methyl sites for hydroxylation is 1. The van der Waals surface area contributed by atoms with Gasteiger partial charge in [0.25, 0.3) is 10.0 Å². The average molecular weight is 542 g/mol. The van der Waals surface area contributed by atoms with Gasteiger partial charge in [0.1, 0.15) is 12.6 Å². The fraction of sp³-hybridized carbons (Fsp3) is 0.286. The molecule has 3 aromatic rings. The lowest BCUT2D eigenvalue weighted by molar-refractivity contribution is -0.140. The Kier molecular flexibility index (Phi) is 9.72. The topological polar surface area (TPSA) is 86.8 Å². The fourth-order valence-corrected chi connectivity index (χ4v) is 5.59. The first-order valence-corrected chi connectivity index (χ1v) is 14.0. The molecule has 0 aliphatic rings. The molecule has 0 unspecified atom stereocenters. The molecule has 1 atom stereocenters. The number of hydrogen-bond acceptors (Lipinski definition) is 4. The minimum absolute atomic E-state index is 0.0569. The minimum atomic E-state index is -4.08. The third kappa shape index (κ3) is 6.90. The van der Waals surface area contributed by atoms with Gasteiger partial charge in [-0.2, -0.15) is 0 Å². The molecule has 37 heavy (non-hydrogen) atoms. The quantitative estimate of drug-likeness (QED) is 0.378. The number of hydrogen-bond donors (Lipinski definition) is 1. The molecule has 0 aliphatic heterocycles. The standard InChI is InChI=1S/C28H32ClN3O4S/c1-4-26(28(34)30-5-2)31(19-22-11-9-10-14-25(22)29)27(33)20-32(23-12-7-6-8-13-23)37(35,36)24-17-15-21(3)16-18-24/h6-18,26H,4-5,19-20H2,1-3H3,(H,30,34)/t26-/m1/s1.